The third-order valence-corrected chi connectivity index (χ3v) is 3.24. The minimum atomic E-state index is 0.498. The first-order valence-electron chi connectivity index (χ1n) is 7.12. The standard InChI is InChI=1S/C18H23NO/c1-13(2)19-12-16-8-9-18(11-15(16)4)20-17-7-5-6-14(3)10-17/h5-11,13,19H,12H2,1-4H3. The molecular weight excluding hydrogens is 246 g/mol. The first-order valence-corrected chi connectivity index (χ1v) is 7.12. The molecule has 2 heteroatoms. The molecule has 2 aromatic rings. The largest absolute Gasteiger partial charge is 0.457 e. The molecule has 1 N–H and O–H groups in total. The summed E-state index contributed by atoms with van der Waals surface area (Å²) in [5.41, 5.74) is 3.77. The molecular formula is C18H23NO. The first kappa shape index (κ1) is 14.6. The van der Waals surface area contributed by atoms with Crippen LogP contribution in [0.1, 0.15) is 30.5 Å². The van der Waals surface area contributed by atoms with Gasteiger partial charge in [0, 0.05) is 12.6 Å². The Hall–Kier alpha value is -1.80. The molecule has 20 heavy (non-hydrogen) atoms. The predicted octanol–water partition coefficient (Wildman–Crippen LogP) is 4.59. The van der Waals surface area contributed by atoms with Gasteiger partial charge in [-0.1, -0.05) is 32.0 Å². The van der Waals surface area contributed by atoms with E-state index < -0.39 is 0 Å². The van der Waals surface area contributed by atoms with Crippen molar-refractivity contribution in [3.8, 4) is 11.5 Å². The van der Waals surface area contributed by atoms with Gasteiger partial charge in [0.25, 0.3) is 0 Å². The maximum atomic E-state index is 5.90. The van der Waals surface area contributed by atoms with Gasteiger partial charge < -0.3 is 10.1 Å². The average molecular weight is 269 g/mol. The monoisotopic (exact) mass is 269 g/mol. The molecule has 0 saturated carbocycles. The van der Waals surface area contributed by atoms with Gasteiger partial charge in [-0.15, -0.1) is 0 Å². The van der Waals surface area contributed by atoms with Crippen molar-refractivity contribution < 1.29 is 4.74 Å². The second-order valence-corrected chi connectivity index (χ2v) is 5.54. The summed E-state index contributed by atoms with van der Waals surface area (Å²) in [6, 6.07) is 14.9. The number of rotatable bonds is 5. The summed E-state index contributed by atoms with van der Waals surface area (Å²) in [5.74, 6) is 1.78. The Labute approximate surface area is 121 Å². The molecule has 0 saturated heterocycles. The third kappa shape index (κ3) is 4.10. The summed E-state index contributed by atoms with van der Waals surface area (Å²) in [4.78, 5) is 0. The van der Waals surface area contributed by atoms with E-state index in [9.17, 15) is 0 Å². The van der Waals surface area contributed by atoms with E-state index in [1.54, 1.807) is 0 Å². The molecule has 2 aromatic carbocycles. The Kier molecular flexibility index (Phi) is 4.80. The summed E-state index contributed by atoms with van der Waals surface area (Å²) >= 11 is 0. The van der Waals surface area contributed by atoms with Crippen LogP contribution in [-0.4, -0.2) is 6.04 Å². The van der Waals surface area contributed by atoms with Crippen LogP contribution in [-0.2, 0) is 6.54 Å². The van der Waals surface area contributed by atoms with Crippen molar-refractivity contribution in [2.45, 2.75) is 40.3 Å². The second kappa shape index (κ2) is 6.58. The summed E-state index contributed by atoms with van der Waals surface area (Å²) in [7, 11) is 0. The predicted molar refractivity (Wildman–Crippen MR) is 84.4 cm³/mol. The molecule has 2 rings (SSSR count). The fourth-order valence-corrected chi connectivity index (χ4v) is 2.06. The molecule has 0 radical (unpaired) electrons. The van der Waals surface area contributed by atoms with Crippen molar-refractivity contribution in [2.24, 2.45) is 0 Å². The molecule has 0 fully saturated rings. The Balaban J connectivity index is 2.09. The van der Waals surface area contributed by atoms with Crippen molar-refractivity contribution in [1.82, 2.24) is 5.32 Å². The van der Waals surface area contributed by atoms with Crippen molar-refractivity contribution in [3.05, 3.63) is 59.2 Å². The van der Waals surface area contributed by atoms with Gasteiger partial charge in [-0.25, -0.2) is 0 Å². The molecule has 106 valence electrons. The van der Waals surface area contributed by atoms with E-state index in [1.165, 1.54) is 16.7 Å². The highest BCUT2D eigenvalue weighted by Crippen LogP contribution is 2.24. The summed E-state index contributed by atoms with van der Waals surface area (Å²) in [6.45, 7) is 9.41. The normalized spacial score (nSPS) is 10.8. The zero-order valence-electron chi connectivity index (χ0n) is 12.7. The number of nitrogens with one attached hydrogen (secondary N) is 1. The fraction of sp³-hybridized carbons (Fsp3) is 0.333. The van der Waals surface area contributed by atoms with Crippen LogP contribution in [0.4, 0.5) is 0 Å². The lowest BCUT2D eigenvalue weighted by Crippen LogP contribution is -2.22. The fourth-order valence-electron chi connectivity index (χ4n) is 2.06. The first-order chi connectivity index (χ1) is 9.54. The lowest BCUT2D eigenvalue weighted by molar-refractivity contribution is 0.481. The van der Waals surface area contributed by atoms with Crippen LogP contribution in [0, 0.1) is 13.8 Å². The lowest BCUT2D eigenvalue weighted by Gasteiger charge is -2.12. The molecule has 0 atom stereocenters. The third-order valence-electron chi connectivity index (χ3n) is 3.24. The molecule has 0 unspecified atom stereocenters. The summed E-state index contributed by atoms with van der Waals surface area (Å²) in [6.07, 6.45) is 0. The molecule has 0 heterocycles. The number of hydrogen-bond donors (Lipinski definition) is 1. The van der Waals surface area contributed by atoms with E-state index in [4.69, 9.17) is 4.74 Å². The van der Waals surface area contributed by atoms with Gasteiger partial charge >= 0.3 is 0 Å². The van der Waals surface area contributed by atoms with E-state index in [-0.39, 0.29) is 0 Å². The Morgan fingerprint density at radius 1 is 1.00 bits per heavy atom. The van der Waals surface area contributed by atoms with Crippen molar-refractivity contribution in [1.29, 1.82) is 0 Å². The number of benzene rings is 2. The minimum absolute atomic E-state index is 0.498. The smallest absolute Gasteiger partial charge is 0.127 e. The van der Waals surface area contributed by atoms with Crippen molar-refractivity contribution in [2.75, 3.05) is 0 Å². The van der Waals surface area contributed by atoms with E-state index in [2.05, 4.69) is 51.2 Å². The Bertz CT molecular complexity index is 575. The molecule has 0 amide bonds. The Morgan fingerprint density at radius 2 is 1.75 bits per heavy atom. The van der Waals surface area contributed by atoms with Crippen LogP contribution in [0.5, 0.6) is 11.5 Å². The van der Waals surface area contributed by atoms with Gasteiger partial charge in [0.15, 0.2) is 0 Å². The number of hydrogen-bond acceptors (Lipinski definition) is 2. The SMILES string of the molecule is Cc1cccc(Oc2ccc(CNC(C)C)c(C)c2)c1. The molecule has 0 spiro atoms. The zero-order valence-corrected chi connectivity index (χ0v) is 12.7. The van der Waals surface area contributed by atoms with Gasteiger partial charge in [0.1, 0.15) is 11.5 Å². The second-order valence-electron chi connectivity index (χ2n) is 5.54. The van der Waals surface area contributed by atoms with E-state index in [0.29, 0.717) is 6.04 Å². The summed E-state index contributed by atoms with van der Waals surface area (Å²) < 4.78 is 5.90. The molecule has 0 aliphatic carbocycles. The van der Waals surface area contributed by atoms with E-state index >= 15 is 0 Å². The molecule has 2 nitrogen and oxygen atoms in total. The molecule has 0 aliphatic rings. The molecule has 0 bridgehead atoms. The van der Waals surface area contributed by atoms with Gasteiger partial charge in [-0.05, 0) is 54.8 Å². The van der Waals surface area contributed by atoms with Crippen LogP contribution in [0.25, 0.3) is 0 Å². The molecule has 0 aromatic heterocycles. The van der Waals surface area contributed by atoms with Crippen LogP contribution >= 0.6 is 0 Å². The topological polar surface area (TPSA) is 21.3 Å². The number of ether oxygens (including phenoxy) is 1. The highest BCUT2D eigenvalue weighted by Gasteiger charge is 2.03. The van der Waals surface area contributed by atoms with Gasteiger partial charge in [0.05, 0.1) is 0 Å². The van der Waals surface area contributed by atoms with E-state index in [0.717, 1.165) is 18.0 Å². The number of aryl methyl sites for hydroxylation is 2. The van der Waals surface area contributed by atoms with Gasteiger partial charge in [0.2, 0.25) is 0 Å². The van der Waals surface area contributed by atoms with Crippen LogP contribution < -0.4 is 10.1 Å². The average Bonchev–Trinajstić information content (AvgIpc) is 2.37. The van der Waals surface area contributed by atoms with Gasteiger partial charge in [-0.3, -0.25) is 0 Å². The highest BCUT2D eigenvalue weighted by atomic mass is 16.5. The Morgan fingerprint density at radius 3 is 2.40 bits per heavy atom. The minimum Gasteiger partial charge on any atom is -0.457 e. The van der Waals surface area contributed by atoms with Crippen LogP contribution in [0.2, 0.25) is 0 Å². The lowest BCUT2D eigenvalue weighted by atomic mass is 10.1. The highest BCUT2D eigenvalue weighted by molar-refractivity contribution is 5.38. The van der Waals surface area contributed by atoms with Crippen LogP contribution in [0.15, 0.2) is 42.5 Å². The zero-order chi connectivity index (χ0) is 14.5. The maximum absolute atomic E-state index is 5.90. The maximum Gasteiger partial charge on any atom is 0.127 e. The van der Waals surface area contributed by atoms with Crippen molar-refractivity contribution in [3.63, 3.8) is 0 Å². The van der Waals surface area contributed by atoms with Crippen LogP contribution in [0.3, 0.4) is 0 Å². The quantitative estimate of drug-likeness (QED) is 0.857. The van der Waals surface area contributed by atoms with E-state index in [1.807, 2.05) is 24.3 Å². The van der Waals surface area contributed by atoms with Gasteiger partial charge in [-0.2, -0.15) is 0 Å². The summed E-state index contributed by atoms with van der Waals surface area (Å²) in [5, 5.41) is 3.44. The van der Waals surface area contributed by atoms with Crippen molar-refractivity contribution >= 4 is 0 Å². The molecule has 0 aliphatic heterocycles.